The molecule has 1 aromatic carbocycles. The summed E-state index contributed by atoms with van der Waals surface area (Å²) in [6.45, 7) is 5.99. The van der Waals surface area contributed by atoms with E-state index in [1.54, 1.807) is 0 Å². The quantitative estimate of drug-likeness (QED) is 0.815. The molecular weight excluding hydrogens is 238 g/mol. The molecule has 4 heteroatoms. The summed E-state index contributed by atoms with van der Waals surface area (Å²) in [5.74, 6) is 0.621. The molecule has 19 heavy (non-hydrogen) atoms. The molecule has 0 bridgehead atoms. The molecule has 1 aliphatic rings. The third-order valence-corrected chi connectivity index (χ3v) is 3.55. The van der Waals surface area contributed by atoms with Crippen molar-refractivity contribution >= 4 is 11.6 Å². The summed E-state index contributed by atoms with van der Waals surface area (Å²) in [6.07, 6.45) is 1.12. The van der Waals surface area contributed by atoms with E-state index in [9.17, 15) is 4.79 Å². The van der Waals surface area contributed by atoms with Crippen molar-refractivity contribution in [3.63, 3.8) is 0 Å². The summed E-state index contributed by atoms with van der Waals surface area (Å²) in [4.78, 5) is 14.1. The molecule has 0 atom stereocenters. The minimum Gasteiger partial charge on any atom is -0.375 e. The Morgan fingerprint density at radius 2 is 2.05 bits per heavy atom. The molecule has 104 valence electrons. The van der Waals surface area contributed by atoms with Gasteiger partial charge in [0.15, 0.2) is 0 Å². The molecule has 1 saturated heterocycles. The molecule has 1 amide bonds. The molecule has 0 spiro atoms. The maximum Gasteiger partial charge on any atom is 0.251 e. The fraction of sp³-hybridized carbons (Fsp3) is 0.533. The largest absolute Gasteiger partial charge is 0.375 e. The molecule has 0 saturated carbocycles. The number of nitrogens with one attached hydrogen (secondary N) is 2. The zero-order valence-electron chi connectivity index (χ0n) is 11.8. The van der Waals surface area contributed by atoms with Crippen molar-refractivity contribution in [1.29, 1.82) is 0 Å². The van der Waals surface area contributed by atoms with Crippen molar-refractivity contribution in [2.24, 2.45) is 5.92 Å². The third-order valence-electron chi connectivity index (χ3n) is 3.55. The van der Waals surface area contributed by atoms with Crippen molar-refractivity contribution in [3.05, 3.63) is 29.8 Å². The van der Waals surface area contributed by atoms with Gasteiger partial charge in [0.05, 0.1) is 0 Å². The average Bonchev–Trinajstić information content (AvgIpc) is 2.37. The minimum atomic E-state index is 0.0246. The first kappa shape index (κ1) is 13.9. The van der Waals surface area contributed by atoms with Gasteiger partial charge in [-0.2, -0.15) is 0 Å². The van der Waals surface area contributed by atoms with Crippen LogP contribution in [0.1, 0.15) is 23.7 Å². The Hall–Kier alpha value is -1.55. The summed E-state index contributed by atoms with van der Waals surface area (Å²) < 4.78 is 0. The second kappa shape index (κ2) is 6.57. The lowest BCUT2D eigenvalue weighted by molar-refractivity contribution is 0.0942. The molecule has 2 N–H and O–H groups in total. The van der Waals surface area contributed by atoms with Gasteiger partial charge < -0.3 is 15.5 Å². The highest BCUT2D eigenvalue weighted by Gasteiger charge is 2.17. The van der Waals surface area contributed by atoms with Gasteiger partial charge in [-0.15, -0.1) is 0 Å². The van der Waals surface area contributed by atoms with Gasteiger partial charge in [-0.05, 0) is 30.7 Å². The summed E-state index contributed by atoms with van der Waals surface area (Å²) in [5.41, 5.74) is 1.89. The van der Waals surface area contributed by atoms with Gasteiger partial charge in [0, 0.05) is 50.4 Å². The van der Waals surface area contributed by atoms with E-state index in [-0.39, 0.29) is 5.91 Å². The average molecular weight is 261 g/mol. The van der Waals surface area contributed by atoms with E-state index in [1.165, 1.54) is 0 Å². The van der Waals surface area contributed by atoms with Gasteiger partial charge in [-0.3, -0.25) is 4.79 Å². The normalized spacial score (nSPS) is 14.8. The van der Waals surface area contributed by atoms with Gasteiger partial charge in [0.1, 0.15) is 0 Å². The van der Waals surface area contributed by atoms with Crippen LogP contribution in [0.4, 0.5) is 5.69 Å². The summed E-state index contributed by atoms with van der Waals surface area (Å²) in [6, 6.07) is 7.82. The Bertz CT molecular complexity index is 412. The number of hydrogen-bond acceptors (Lipinski definition) is 3. The molecule has 2 rings (SSSR count). The first-order chi connectivity index (χ1) is 9.20. The number of rotatable bonds is 6. The molecular formula is C15H23N3O. The monoisotopic (exact) mass is 261 g/mol. The highest BCUT2D eigenvalue weighted by molar-refractivity contribution is 5.94. The van der Waals surface area contributed by atoms with E-state index < -0.39 is 0 Å². The smallest absolute Gasteiger partial charge is 0.251 e. The Morgan fingerprint density at radius 3 is 2.58 bits per heavy atom. The van der Waals surface area contributed by atoms with Gasteiger partial charge in [0.25, 0.3) is 5.91 Å². The zero-order chi connectivity index (χ0) is 13.7. The van der Waals surface area contributed by atoms with Gasteiger partial charge in [0.2, 0.25) is 0 Å². The van der Waals surface area contributed by atoms with Crippen LogP contribution in [0.2, 0.25) is 0 Å². The summed E-state index contributed by atoms with van der Waals surface area (Å²) in [5, 5.41) is 6.18. The molecule has 1 aromatic rings. The van der Waals surface area contributed by atoms with Crippen molar-refractivity contribution in [1.82, 2.24) is 10.6 Å². The van der Waals surface area contributed by atoms with Crippen molar-refractivity contribution in [2.45, 2.75) is 13.3 Å². The number of carbonyl (C=O) groups is 1. The summed E-state index contributed by atoms with van der Waals surface area (Å²) >= 11 is 0. The fourth-order valence-electron chi connectivity index (χ4n) is 2.16. The van der Waals surface area contributed by atoms with Crippen molar-refractivity contribution in [2.75, 3.05) is 38.1 Å². The third kappa shape index (κ3) is 3.70. The molecule has 0 aliphatic carbocycles. The zero-order valence-corrected chi connectivity index (χ0v) is 11.8. The fourth-order valence-corrected chi connectivity index (χ4v) is 2.16. The maximum atomic E-state index is 12.0. The van der Waals surface area contributed by atoms with Crippen molar-refractivity contribution in [3.8, 4) is 0 Å². The van der Waals surface area contributed by atoms with E-state index in [0.29, 0.717) is 5.92 Å². The van der Waals surface area contributed by atoms with Crippen molar-refractivity contribution < 1.29 is 4.79 Å². The van der Waals surface area contributed by atoms with Gasteiger partial charge in [-0.25, -0.2) is 0 Å². The number of carbonyl (C=O) groups excluding carboxylic acids is 1. The number of amides is 1. The number of anilines is 1. The Labute approximate surface area is 115 Å². The SMILES string of the molecule is CCCN(C)c1ccc(C(=O)NCC2CNC2)cc1. The van der Waals surface area contributed by atoms with E-state index in [2.05, 4.69) is 29.5 Å². The number of benzene rings is 1. The van der Waals surface area contributed by atoms with Crippen LogP contribution in [0, 0.1) is 5.92 Å². The first-order valence-electron chi connectivity index (χ1n) is 7.01. The number of hydrogen-bond donors (Lipinski definition) is 2. The predicted molar refractivity (Wildman–Crippen MR) is 78.7 cm³/mol. The van der Waals surface area contributed by atoms with E-state index >= 15 is 0 Å². The lowest BCUT2D eigenvalue weighted by Gasteiger charge is -2.27. The Morgan fingerprint density at radius 1 is 1.37 bits per heavy atom. The van der Waals surface area contributed by atoms with Crippen LogP contribution in [0.25, 0.3) is 0 Å². The Kier molecular flexibility index (Phi) is 4.80. The van der Waals surface area contributed by atoms with Gasteiger partial charge in [-0.1, -0.05) is 6.92 Å². The predicted octanol–water partition coefficient (Wildman–Crippen LogP) is 1.48. The van der Waals surface area contributed by atoms with Crippen LogP contribution in [0.5, 0.6) is 0 Å². The Balaban J connectivity index is 1.87. The van der Waals surface area contributed by atoms with Crippen LogP contribution in [-0.4, -0.2) is 39.1 Å². The topological polar surface area (TPSA) is 44.4 Å². The number of nitrogens with zero attached hydrogens (tertiary/aromatic N) is 1. The lowest BCUT2D eigenvalue weighted by Crippen LogP contribution is -2.48. The molecule has 0 unspecified atom stereocenters. The standard InChI is InChI=1S/C15H23N3O/c1-3-8-18(2)14-6-4-13(5-7-14)15(19)17-11-12-9-16-10-12/h4-7,12,16H,3,8-11H2,1-2H3,(H,17,19). The van der Waals surface area contributed by atoms with Crippen LogP contribution in [0.15, 0.2) is 24.3 Å². The van der Waals surface area contributed by atoms with E-state index in [0.717, 1.165) is 43.9 Å². The van der Waals surface area contributed by atoms with Crippen LogP contribution in [-0.2, 0) is 0 Å². The van der Waals surface area contributed by atoms with E-state index in [4.69, 9.17) is 0 Å². The van der Waals surface area contributed by atoms with Crippen LogP contribution >= 0.6 is 0 Å². The molecule has 1 fully saturated rings. The molecule has 1 aliphatic heterocycles. The first-order valence-corrected chi connectivity index (χ1v) is 7.01. The molecule has 0 radical (unpaired) electrons. The summed E-state index contributed by atoms with van der Waals surface area (Å²) in [7, 11) is 2.07. The molecule has 4 nitrogen and oxygen atoms in total. The molecule has 1 heterocycles. The highest BCUT2D eigenvalue weighted by Crippen LogP contribution is 2.14. The lowest BCUT2D eigenvalue weighted by atomic mass is 10.0. The second-order valence-corrected chi connectivity index (χ2v) is 5.20. The van der Waals surface area contributed by atoms with Crippen LogP contribution in [0.3, 0.4) is 0 Å². The highest BCUT2D eigenvalue weighted by atomic mass is 16.1. The minimum absolute atomic E-state index is 0.0246. The maximum absolute atomic E-state index is 12.0. The second-order valence-electron chi connectivity index (χ2n) is 5.20. The molecule has 0 aromatic heterocycles. The van der Waals surface area contributed by atoms with Gasteiger partial charge >= 0.3 is 0 Å². The van der Waals surface area contributed by atoms with Crippen LogP contribution < -0.4 is 15.5 Å². The van der Waals surface area contributed by atoms with E-state index in [1.807, 2.05) is 24.3 Å².